The van der Waals surface area contributed by atoms with E-state index in [0.717, 1.165) is 19.0 Å². The second-order valence-corrected chi connectivity index (χ2v) is 7.02. The first-order valence-corrected chi connectivity index (χ1v) is 8.37. The summed E-state index contributed by atoms with van der Waals surface area (Å²) in [5, 5.41) is 14.0. The Morgan fingerprint density at radius 3 is 2.73 bits per heavy atom. The minimum atomic E-state index is -4.06. The van der Waals surface area contributed by atoms with Crippen LogP contribution in [0.1, 0.15) is 19.8 Å². The number of hydrogen-bond acceptors (Lipinski definition) is 5. The number of piperidine rings is 1. The smallest absolute Gasteiger partial charge is 0.290 e. The van der Waals surface area contributed by atoms with Crippen LogP contribution in [0.15, 0.2) is 23.1 Å². The fourth-order valence-electron chi connectivity index (χ4n) is 2.37. The van der Waals surface area contributed by atoms with E-state index in [1.807, 2.05) is 6.92 Å². The van der Waals surface area contributed by atoms with Crippen molar-refractivity contribution >= 4 is 39.7 Å². The number of halogens is 2. The van der Waals surface area contributed by atoms with E-state index in [4.69, 9.17) is 11.6 Å². The van der Waals surface area contributed by atoms with Crippen molar-refractivity contribution in [2.45, 2.75) is 36.7 Å². The molecule has 1 aromatic carbocycles. The molecule has 2 atom stereocenters. The van der Waals surface area contributed by atoms with Crippen molar-refractivity contribution in [3.05, 3.63) is 33.3 Å². The average molecular weight is 370 g/mol. The molecule has 7 nitrogen and oxygen atoms in total. The standard InChI is InChI=1S/C12H16ClN3O4S.ClH/c1-8-10(5-3-7-14-8)15-21(19,20)12-9(13)4-2-6-11(12)16(17)18;/h2,4,6,8,10,14-15H,3,5,7H2,1H3;1H. The zero-order valence-electron chi connectivity index (χ0n) is 11.8. The van der Waals surface area contributed by atoms with Gasteiger partial charge in [0.15, 0.2) is 4.90 Å². The third-order valence-corrected chi connectivity index (χ3v) is 5.49. The quantitative estimate of drug-likeness (QED) is 0.624. The number of hydrogen-bond donors (Lipinski definition) is 2. The minimum Gasteiger partial charge on any atom is -0.313 e. The second-order valence-electron chi connectivity index (χ2n) is 4.96. The van der Waals surface area contributed by atoms with E-state index in [0.29, 0.717) is 6.42 Å². The maximum atomic E-state index is 12.5. The molecular formula is C12H17Cl2N3O4S. The van der Waals surface area contributed by atoms with Crippen LogP contribution in [0, 0.1) is 10.1 Å². The second kappa shape index (κ2) is 7.56. The van der Waals surface area contributed by atoms with Crippen molar-refractivity contribution in [3.8, 4) is 0 Å². The van der Waals surface area contributed by atoms with E-state index < -0.39 is 25.5 Å². The summed E-state index contributed by atoms with van der Waals surface area (Å²) in [5.74, 6) is 0. The van der Waals surface area contributed by atoms with Crippen molar-refractivity contribution in [3.63, 3.8) is 0 Å². The van der Waals surface area contributed by atoms with E-state index in [9.17, 15) is 18.5 Å². The molecule has 2 N–H and O–H groups in total. The number of benzene rings is 1. The van der Waals surface area contributed by atoms with Gasteiger partial charge in [-0.25, -0.2) is 13.1 Å². The van der Waals surface area contributed by atoms with Gasteiger partial charge in [0, 0.05) is 18.2 Å². The Balaban J connectivity index is 0.00000242. The van der Waals surface area contributed by atoms with Crippen LogP contribution in [0.25, 0.3) is 0 Å². The number of nitro groups is 1. The number of sulfonamides is 1. The largest absolute Gasteiger partial charge is 0.313 e. The zero-order chi connectivity index (χ0) is 15.6. The fraction of sp³-hybridized carbons (Fsp3) is 0.500. The molecule has 2 rings (SSSR count). The molecular weight excluding hydrogens is 353 g/mol. The molecule has 0 amide bonds. The van der Waals surface area contributed by atoms with Gasteiger partial charge in [0.25, 0.3) is 5.69 Å². The Labute approximate surface area is 140 Å². The molecule has 124 valence electrons. The van der Waals surface area contributed by atoms with Crippen LogP contribution in [-0.4, -0.2) is 32.0 Å². The number of nitrogens with zero attached hydrogens (tertiary/aromatic N) is 1. The molecule has 1 heterocycles. The van der Waals surface area contributed by atoms with Gasteiger partial charge in [0.2, 0.25) is 10.0 Å². The lowest BCUT2D eigenvalue weighted by Gasteiger charge is -2.30. The Bertz CT molecular complexity index is 654. The first-order valence-electron chi connectivity index (χ1n) is 6.51. The fourth-order valence-corrected chi connectivity index (χ4v) is 4.43. The van der Waals surface area contributed by atoms with E-state index >= 15 is 0 Å². The van der Waals surface area contributed by atoms with Gasteiger partial charge >= 0.3 is 0 Å². The van der Waals surface area contributed by atoms with E-state index in [2.05, 4.69) is 10.0 Å². The van der Waals surface area contributed by atoms with Gasteiger partial charge in [-0.1, -0.05) is 17.7 Å². The highest BCUT2D eigenvalue weighted by atomic mass is 35.5. The molecule has 0 spiro atoms. The molecule has 0 aromatic heterocycles. The van der Waals surface area contributed by atoms with E-state index in [1.54, 1.807) is 0 Å². The maximum Gasteiger partial charge on any atom is 0.290 e. The molecule has 0 aliphatic carbocycles. The van der Waals surface area contributed by atoms with Gasteiger partial charge < -0.3 is 5.32 Å². The van der Waals surface area contributed by atoms with E-state index in [-0.39, 0.29) is 29.5 Å². The lowest BCUT2D eigenvalue weighted by molar-refractivity contribution is -0.387. The van der Waals surface area contributed by atoms with Crippen LogP contribution in [0.4, 0.5) is 5.69 Å². The summed E-state index contributed by atoms with van der Waals surface area (Å²) >= 11 is 5.87. The summed E-state index contributed by atoms with van der Waals surface area (Å²) < 4.78 is 27.4. The van der Waals surface area contributed by atoms with Crippen molar-refractivity contribution in [1.82, 2.24) is 10.0 Å². The monoisotopic (exact) mass is 369 g/mol. The molecule has 1 aromatic rings. The summed E-state index contributed by atoms with van der Waals surface area (Å²) in [4.78, 5) is 9.80. The third-order valence-electron chi connectivity index (χ3n) is 3.48. The Morgan fingerprint density at radius 1 is 1.45 bits per heavy atom. The van der Waals surface area contributed by atoms with Crippen LogP contribution in [0.3, 0.4) is 0 Å². The first kappa shape index (κ1) is 19.1. The Kier molecular flexibility index (Phi) is 6.57. The predicted molar refractivity (Wildman–Crippen MR) is 86.2 cm³/mol. The molecule has 0 radical (unpaired) electrons. The summed E-state index contributed by atoms with van der Waals surface area (Å²) in [6.07, 6.45) is 1.51. The van der Waals surface area contributed by atoms with Crippen LogP contribution >= 0.6 is 24.0 Å². The zero-order valence-corrected chi connectivity index (χ0v) is 14.2. The van der Waals surface area contributed by atoms with E-state index in [1.165, 1.54) is 12.1 Å². The molecule has 0 bridgehead atoms. The third kappa shape index (κ3) is 4.08. The van der Waals surface area contributed by atoms with Gasteiger partial charge in [-0.3, -0.25) is 10.1 Å². The molecule has 22 heavy (non-hydrogen) atoms. The minimum absolute atomic E-state index is 0. The molecule has 1 aliphatic rings. The average Bonchev–Trinajstić information content (AvgIpc) is 2.40. The predicted octanol–water partition coefficient (Wildman–Crippen LogP) is 2.09. The lowest BCUT2D eigenvalue weighted by atomic mass is 10.0. The Hall–Kier alpha value is -0.930. The molecule has 10 heteroatoms. The molecule has 2 unspecified atom stereocenters. The van der Waals surface area contributed by atoms with Crippen molar-refractivity contribution in [1.29, 1.82) is 0 Å². The summed E-state index contributed by atoms with van der Waals surface area (Å²) in [5.41, 5.74) is -0.522. The van der Waals surface area contributed by atoms with Gasteiger partial charge in [-0.2, -0.15) is 0 Å². The highest BCUT2D eigenvalue weighted by Gasteiger charge is 2.33. The lowest BCUT2D eigenvalue weighted by Crippen LogP contribution is -2.51. The van der Waals surface area contributed by atoms with Crippen LogP contribution < -0.4 is 10.0 Å². The maximum absolute atomic E-state index is 12.5. The summed E-state index contributed by atoms with van der Waals surface area (Å²) in [6.45, 7) is 2.69. The first-order chi connectivity index (χ1) is 9.83. The Morgan fingerprint density at radius 2 is 2.14 bits per heavy atom. The van der Waals surface area contributed by atoms with Crippen molar-refractivity contribution in [2.75, 3.05) is 6.54 Å². The van der Waals surface area contributed by atoms with Crippen molar-refractivity contribution in [2.24, 2.45) is 0 Å². The molecule has 1 fully saturated rings. The van der Waals surface area contributed by atoms with Gasteiger partial charge in [-0.05, 0) is 32.4 Å². The van der Waals surface area contributed by atoms with Crippen LogP contribution in [0.2, 0.25) is 5.02 Å². The van der Waals surface area contributed by atoms with Crippen LogP contribution in [0.5, 0.6) is 0 Å². The van der Waals surface area contributed by atoms with Gasteiger partial charge in [0.1, 0.15) is 0 Å². The summed E-state index contributed by atoms with van der Waals surface area (Å²) in [7, 11) is -4.06. The normalized spacial score (nSPS) is 21.9. The van der Waals surface area contributed by atoms with Crippen LogP contribution in [-0.2, 0) is 10.0 Å². The van der Waals surface area contributed by atoms with Gasteiger partial charge in [0.05, 0.1) is 9.95 Å². The number of nitrogens with one attached hydrogen (secondary N) is 2. The molecule has 0 saturated carbocycles. The molecule has 1 saturated heterocycles. The summed E-state index contributed by atoms with van der Waals surface area (Å²) in [6, 6.07) is 3.44. The topological polar surface area (TPSA) is 101 Å². The number of nitro benzene ring substituents is 1. The molecule has 1 aliphatic heterocycles. The number of rotatable bonds is 4. The van der Waals surface area contributed by atoms with Gasteiger partial charge in [-0.15, -0.1) is 12.4 Å². The highest BCUT2D eigenvalue weighted by Crippen LogP contribution is 2.31. The van der Waals surface area contributed by atoms with Crippen molar-refractivity contribution < 1.29 is 13.3 Å². The SMILES string of the molecule is CC1NCCCC1NS(=O)(=O)c1c(Cl)cccc1[N+](=O)[O-].Cl. The highest BCUT2D eigenvalue weighted by molar-refractivity contribution is 7.89.